The Bertz CT molecular complexity index is 1050. The van der Waals surface area contributed by atoms with E-state index in [0.29, 0.717) is 17.7 Å². The van der Waals surface area contributed by atoms with Crippen molar-refractivity contribution in [3.05, 3.63) is 65.7 Å². The monoisotopic (exact) mass is 387 g/mol. The molecule has 0 aliphatic carbocycles. The summed E-state index contributed by atoms with van der Waals surface area (Å²) in [6, 6.07) is 18.6. The van der Waals surface area contributed by atoms with Gasteiger partial charge in [-0.1, -0.05) is 6.07 Å². The molecule has 1 atom stereocenters. The molecule has 0 bridgehead atoms. The van der Waals surface area contributed by atoms with Gasteiger partial charge in [0.2, 0.25) is 0 Å². The Kier molecular flexibility index (Phi) is 5.16. The van der Waals surface area contributed by atoms with Gasteiger partial charge in [-0.2, -0.15) is 10.4 Å². The number of benzene rings is 2. The lowest BCUT2D eigenvalue weighted by Gasteiger charge is -2.16. The Morgan fingerprint density at radius 2 is 2.10 bits per heavy atom. The van der Waals surface area contributed by atoms with E-state index < -0.39 is 0 Å². The predicted molar refractivity (Wildman–Crippen MR) is 110 cm³/mol. The Morgan fingerprint density at radius 3 is 2.86 bits per heavy atom. The lowest BCUT2D eigenvalue weighted by molar-refractivity contribution is 0.0940. The lowest BCUT2D eigenvalue weighted by Crippen LogP contribution is -2.37. The molecule has 3 aromatic rings. The third-order valence-electron chi connectivity index (χ3n) is 5.07. The number of hydrogen-bond acceptors (Lipinski definition) is 5. The summed E-state index contributed by atoms with van der Waals surface area (Å²) < 4.78 is 5.20. The Labute approximate surface area is 168 Å². The number of hydrogen-bond donors (Lipinski definition) is 2. The number of ether oxygens (including phenoxy) is 1. The minimum atomic E-state index is -0.158. The number of methoxy groups -OCH3 is 1. The van der Waals surface area contributed by atoms with Crippen molar-refractivity contribution in [1.29, 1.82) is 5.26 Å². The molecule has 1 aliphatic rings. The van der Waals surface area contributed by atoms with Gasteiger partial charge in [0, 0.05) is 30.8 Å². The normalized spacial score (nSPS) is 15.7. The van der Waals surface area contributed by atoms with Crippen LogP contribution in [0.2, 0.25) is 0 Å². The number of nitrogens with zero attached hydrogens (tertiary/aromatic N) is 3. The van der Waals surface area contributed by atoms with Gasteiger partial charge < -0.3 is 15.0 Å². The molecule has 2 aromatic carbocycles. The van der Waals surface area contributed by atoms with Crippen LogP contribution in [0.5, 0.6) is 5.75 Å². The maximum atomic E-state index is 12.5. The first-order valence-corrected chi connectivity index (χ1v) is 9.42. The van der Waals surface area contributed by atoms with E-state index >= 15 is 0 Å². The van der Waals surface area contributed by atoms with E-state index in [1.54, 1.807) is 31.4 Å². The van der Waals surface area contributed by atoms with Crippen molar-refractivity contribution in [3.8, 4) is 23.1 Å². The molecule has 0 unspecified atom stereocenters. The molecule has 146 valence electrons. The molecule has 29 heavy (non-hydrogen) atoms. The first kappa shape index (κ1) is 18.6. The average molecular weight is 387 g/mol. The van der Waals surface area contributed by atoms with Gasteiger partial charge in [-0.15, -0.1) is 0 Å². The van der Waals surface area contributed by atoms with Gasteiger partial charge in [-0.05, 0) is 54.4 Å². The fourth-order valence-corrected chi connectivity index (χ4v) is 3.48. The molecular formula is C22H21N5O2. The number of carbonyl (C=O) groups is 1. The van der Waals surface area contributed by atoms with Gasteiger partial charge in [0.25, 0.3) is 5.91 Å². The highest BCUT2D eigenvalue weighted by Gasteiger charge is 2.26. The minimum absolute atomic E-state index is 0.0365. The van der Waals surface area contributed by atoms with Crippen LogP contribution in [-0.2, 0) is 0 Å². The second kappa shape index (κ2) is 8.07. The summed E-state index contributed by atoms with van der Waals surface area (Å²) in [7, 11) is 1.64. The van der Waals surface area contributed by atoms with Crippen molar-refractivity contribution >= 4 is 11.7 Å². The van der Waals surface area contributed by atoms with Crippen LogP contribution in [0.4, 0.5) is 5.82 Å². The van der Waals surface area contributed by atoms with Gasteiger partial charge in [-0.25, -0.2) is 0 Å². The number of aromatic nitrogens is 2. The maximum absolute atomic E-state index is 12.5. The summed E-state index contributed by atoms with van der Waals surface area (Å²) in [6.07, 6.45) is 0.842. The lowest BCUT2D eigenvalue weighted by atomic mass is 10.1. The molecule has 1 aromatic heterocycles. The third-order valence-corrected chi connectivity index (χ3v) is 5.07. The van der Waals surface area contributed by atoms with Crippen molar-refractivity contribution in [2.45, 2.75) is 12.5 Å². The molecule has 7 nitrogen and oxygen atoms in total. The topological polar surface area (TPSA) is 94.0 Å². The van der Waals surface area contributed by atoms with Gasteiger partial charge in [-0.3, -0.25) is 9.89 Å². The second-order valence-corrected chi connectivity index (χ2v) is 6.97. The van der Waals surface area contributed by atoms with Crippen molar-refractivity contribution in [3.63, 3.8) is 0 Å². The minimum Gasteiger partial charge on any atom is -0.497 e. The van der Waals surface area contributed by atoms with Crippen LogP contribution in [0, 0.1) is 11.3 Å². The Morgan fingerprint density at radius 1 is 1.28 bits per heavy atom. The third kappa shape index (κ3) is 4.06. The number of nitriles is 1. The fraction of sp³-hybridized carbons (Fsp3) is 0.227. The van der Waals surface area contributed by atoms with Crippen LogP contribution in [0.1, 0.15) is 22.3 Å². The van der Waals surface area contributed by atoms with Gasteiger partial charge >= 0.3 is 0 Å². The zero-order chi connectivity index (χ0) is 20.2. The van der Waals surface area contributed by atoms with Crippen LogP contribution in [0.15, 0.2) is 54.6 Å². The fourth-order valence-electron chi connectivity index (χ4n) is 3.48. The van der Waals surface area contributed by atoms with Crippen LogP contribution in [-0.4, -0.2) is 42.3 Å². The highest BCUT2D eigenvalue weighted by molar-refractivity contribution is 5.94. The number of carbonyl (C=O) groups excluding carboxylic acids is 1. The molecule has 7 heteroatoms. The SMILES string of the molecule is COc1ccc(-c2cc(N3CC[C@H](NC(=O)c4cccc(C#N)c4)C3)n[nH]2)cc1. The van der Waals surface area contributed by atoms with Gasteiger partial charge in [0.1, 0.15) is 5.75 Å². The van der Waals surface area contributed by atoms with Crippen molar-refractivity contribution in [2.75, 3.05) is 25.1 Å². The van der Waals surface area contributed by atoms with E-state index in [1.165, 1.54) is 0 Å². The standard InChI is InChI=1S/C22H21N5O2/c1-29-19-7-5-16(6-8-19)20-12-21(26-25-20)27-10-9-18(14-27)24-22(28)17-4-2-3-15(11-17)13-23/h2-8,11-12,18H,9-10,14H2,1H3,(H,24,28)(H,25,26)/t18-/m0/s1. The zero-order valence-corrected chi connectivity index (χ0v) is 16.1. The molecular weight excluding hydrogens is 366 g/mol. The van der Waals surface area contributed by atoms with E-state index in [-0.39, 0.29) is 11.9 Å². The molecule has 1 fully saturated rings. The molecule has 1 aliphatic heterocycles. The zero-order valence-electron chi connectivity index (χ0n) is 16.1. The summed E-state index contributed by atoms with van der Waals surface area (Å²) in [4.78, 5) is 14.6. The number of amides is 1. The van der Waals surface area contributed by atoms with Crippen molar-refractivity contribution < 1.29 is 9.53 Å². The summed E-state index contributed by atoms with van der Waals surface area (Å²) in [5, 5.41) is 19.6. The Hall–Kier alpha value is -3.79. The quantitative estimate of drug-likeness (QED) is 0.702. The Balaban J connectivity index is 1.39. The van der Waals surface area contributed by atoms with E-state index in [4.69, 9.17) is 10.00 Å². The summed E-state index contributed by atoms with van der Waals surface area (Å²) >= 11 is 0. The summed E-state index contributed by atoms with van der Waals surface area (Å²) in [5.41, 5.74) is 2.95. The molecule has 0 saturated carbocycles. The van der Waals surface area contributed by atoms with E-state index in [9.17, 15) is 4.79 Å². The van der Waals surface area contributed by atoms with Crippen molar-refractivity contribution in [2.24, 2.45) is 0 Å². The molecule has 2 heterocycles. The van der Waals surface area contributed by atoms with Crippen LogP contribution in [0.25, 0.3) is 11.3 Å². The average Bonchev–Trinajstić information content (AvgIpc) is 3.43. The number of rotatable bonds is 5. The number of H-pyrrole nitrogens is 1. The molecule has 1 amide bonds. The molecule has 1 saturated heterocycles. The second-order valence-electron chi connectivity index (χ2n) is 6.97. The number of anilines is 1. The number of aromatic amines is 1. The first-order chi connectivity index (χ1) is 14.2. The highest BCUT2D eigenvalue weighted by Crippen LogP contribution is 2.26. The van der Waals surface area contributed by atoms with Gasteiger partial charge in [0.15, 0.2) is 5.82 Å². The predicted octanol–water partition coefficient (Wildman–Crippen LogP) is 2.97. The van der Waals surface area contributed by atoms with E-state index in [0.717, 1.165) is 35.8 Å². The van der Waals surface area contributed by atoms with Crippen LogP contribution >= 0.6 is 0 Å². The molecule has 0 spiro atoms. The number of nitrogens with one attached hydrogen (secondary N) is 2. The molecule has 0 radical (unpaired) electrons. The smallest absolute Gasteiger partial charge is 0.251 e. The molecule has 2 N–H and O–H groups in total. The van der Waals surface area contributed by atoms with Gasteiger partial charge in [0.05, 0.1) is 24.4 Å². The highest BCUT2D eigenvalue weighted by atomic mass is 16.5. The molecule has 4 rings (SSSR count). The van der Waals surface area contributed by atoms with Crippen LogP contribution < -0.4 is 15.0 Å². The van der Waals surface area contributed by atoms with Crippen molar-refractivity contribution in [1.82, 2.24) is 15.5 Å². The summed E-state index contributed by atoms with van der Waals surface area (Å²) in [6.45, 7) is 1.51. The maximum Gasteiger partial charge on any atom is 0.251 e. The van der Waals surface area contributed by atoms with E-state index in [2.05, 4.69) is 26.5 Å². The largest absolute Gasteiger partial charge is 0.497 e. The first-order valence-electron chi connectivity index (χ1n) is 9.42. The summed E-state index contributed by atoms with van der Waals surface area (Å²) in [5.74, 6) is 1.51. The van der Waals surface area contributed by atoms with Crippen LogP contribution in [0.3, 0.4) is 0 Å². The van der Waals surface area contributed by atoms with E-state index in [1.807, 2.05) is 30.3 Å².